The average Bonchev–Trinajstić information content (AvgIpc) is 2.88. The number of benzene rings is 1. The molecule has 1 amide bonds. The molecule has 0 unspecified atom stereocenters. The van der Waals surface area contributed by atoms with Crippen LogP contribution in [0.25, 0.3) is 16.7 Å². The fourth-order valence-electron chi connectivity index (χ4n) is 4.80. The number of piperidine rings is 1. The van der Waals surface area contributed by atoms with Crippen LogP contribution in [0.3, 0.4) is 0 Å². The lowest BCUT2D eigenvalue weighted by molar-refractivity contribution is 0.0944. The molecule has 0 bridgehead atoms. The lowest BCUT2D eigenvalue weighted by Crippen LogP contribution is -2.40. The van der Waals surface area contributed by atoms with Gasteiger partial charge in [0, 0.05) is 19.3 Å². The lowest BCUT2D eigenvalue weighted by Gasteiger charge is -2.26. The van der Waals surface area contributed by atoms with E-state index in [4.69, 9.17) is 10.4 Å². The zero-order valence-corrected chi connectivity index (χ0v) is 20.0. The Kier molecular flexibility index (Phi) is 6.46. The summed E-state index contributed by atoms with van der Waals surface area (Å²) in [4.78, 5) is 33.8. The zero-order valence-electron chi connectivity index (χ0n) is 20.0. The third-order valence-corrected chi connectivity index (χ3v) is 6.72. The van der Waals surface area contributed by atoms with E-state index in [1.54, 1.807) is 10.8 Å². The van der Waals surface area contributed by atoms with Gasteiger partial charge in [-0.2, -0.15) is 0 Å². The number of amides is 1. The maximum atomic E-state index is 13.5. The van der Waals surface area contributed by atoms with Crippen LogP contribution in [-0.2, 0) is 6.54 Å². The molecule has 0 spiro atoms. The van der Waals surface area contributed by atoms with Gasteiger partial charge in [0.2, 0.25) is 0 Å². The van der Waals surface area contributed by atoms with Gasteiger partial charge >= 0.3 is 0 Å². The van der Waals surface area contributed by atoms with E-state index in [-0.39, 0.29) is 22.5 Å². The summed E-state index contributed by atoms with van der Waals surface area (Å²) in [5, 5.41) is 12.2. The molecule has 0 saturated carbocycles. The summed E-state index contributed by atoms with van der Waals surface area (Å²) in [6, 6.07) is 15.0. The number of aryl methyl sites for hydroxylation is 1. The number of hydrogen-bond donors (Lipinski definition) is 2. The summed E-state index contributed by atoms with van der Waals surface area (Å²) in [7, 11) is 0. The van der Waals surface area contributed by atoms with E-state index in [0.717, 1.165) is 30.8 Å². The second-order valence-corrected chi connectivity index (χ2v) is 9.18. The monoisotopic (exact) mass is 470 g/mol. The van der Waals surface area contributed by atoms with Crippen LogP contribution in [0.4, 0.5) is 0 Å². The molecule has 1 saturated heterocycles. The molecule has 8 heteroatoms. The summed E-state index contributed by atoms with van der Waals surface area (Å²) in [6.45, 7) is 5.64. The summed E-state index contributed by atoms with van der Waals surface area (Å²) in [5.74, 6) is -0.343. The summed E-state index contributed by atoms with van der Waals surface area (Å²) >= 11 is 0. The normalized spacial score (nSPS) is 14.4. The number of carbonyl (C=O) groups is 1. The highest BCUT2D eigenvalue weighted by Crippen LogP contribution is 2.14. The van der Waals surface area contributed by atoms with Crippen LogP contribution in [0, 0.1) is 12.3 Å². The summed E-state index contributed by atoms with van der Waals surface area (Å²) < 4.78 is 3.17. The van der Waals surface area contributed by atoms with Gasteiger partial charge in [0.25, 0.3) is 11.5 Å². The molecular formula is C27H30N6O2. The van der Waals surface area contributed by atoms with Crippen molar-refractivity contribution < 1.29 is 4.79 Å². The smallest absolute Gasteiger partial charge is 0.267 e. The second kappa shape index (κ2) is 9.84. The van der Waals surface area contributed by atoms with E-state index < -0.39 is 0 Å². The van der Waals surface area contributed by atoms with Crippen LogP contribution in [0.15, 0.2) is 59.5 Å². The molecular weight excluding hydrogens is 440 g/mol. The molecule has 0 atom stereocenters. The molecule has 35 heavy (non-hydrogen) atoms. The number of nitrogens with one attached hydrogen (secondary N) is 2. The minimum absolute atomic E-state index is 0.0432. The Morgan fingerprint density at radius 2 is 1.83 bits per heavy atom. The van der Waals surface area contributed by atoms with Gasteiger partial charge in [-0.25, -0.2) is 4.98 Å². The number of hydrogen-bond acceptors (Lipinski definition) is 5. The predicted octanol–water partition coefficient (Wildman–Crippen LogP) is 2.70. The molecule has 4 heterocycles. The van der Waals surface area contributed by atoms with Gasteiger partial charge in [0.15, 0.2) is 0 Å². The minimum atomic E-state index is -0.343. The molecule has 180 valence electrons. The van der Waals surface area contributed by atoms with Crippen molar-refractivity contribution in [2.75, 3.05) is 26.2 Å². The second-order valence-electron chi connectivity index (χ2n) is 9.18. The topological polar surface area (TPSA) is 95.5 Å². The van der Waals surface area contributed by atoms with Gasteiger partial charge in [0.1, 0.15) is 16.8 Å². The third kappa shape index (κ3) is 4.61. The van der Waals surface area contributed by atoms with E-state index >= 15 is 0 Å². The van der Waals surface area contributed by atoms with Crippen LogP contribution in [0.2, 0.25) is 0 Å². The van der Waals surface area contributed by atoms with Crippen LogP contribution < -0.4 is 16.4 Å². The maximum Gasteiger partial charge on any atom is 0.267 e. The predicted molar refractivity (Wildman–Crippen MR) is 136 cm³/mol. The van der Waals surface area contributed by atoms with Crippen molar-refractivity contribution in [1.29, 1.82) is 5.41 Å². The lowest BCUT2D eigenvalue weighted by atomic mass is 10.1. The molecule has 2 N–H and O–H groups in total. The molecule has 1 aromatic carbocycles. The number of likely N-dealkylation sites (tertiary alicyclic amines) is 1. The van der Waals surface area contributed by atoms with Gasteiger partial charge in [0.05, 0.1) is 17.5 Å². The minimum Gasteiger partial charge on any atom is -0.351 e. The molecule has 1 aliphatic heterocycles. The van der Waals surface area contributed by atoms with E-state index in [1.165, 1.54) is 29.7 Å². The molecule has 5 rings (SSSR count). The van der Waals surface area contributed by atoms with Crippen molar-refractivity contribution in [3.63, 3.8) is 0 Å². The number of nitrogens with zero attached hydrogens (tertiary/aromatic N) is 4. The van der Waals surface area contributed by atoms with Gasteiger partial charge in [-0.05, 0) is 56.1 Å². The Hall–Kier alpha value is -3.78. The number of fused-ring (bicyclic) bond motifs is 2. The highest BCUT2D eigenvalue weighted by Gasteiger charge is 2.18. The number of aromatic nitrogens is 3. The largest absolute Gasteiger partial charge is 0.351 e. The Bertz CT molecular complexity index is 1500. The Morgan fingerprint density at radius 1 is 1.06 bits per heavy atom. The Morgan fingerprint density at radius 3 is 2.60 bits per heavy atom. The molecule has 0 radical (unpaired) electrons. The molecule has 8 nitrogen and oxygen atoms in total. The average molecular weight is 471 g/mol. The highest BCUT2D eigenvalue weighted by atomic mass is 16.1. The van der Waals surface area contributed by atoms with Crippen molar-refractivity contribution in [2.24, 2.45) is 0 Å². The Labute approximate surface area is 203 Å². The van der Waals surface area contributed by atoms with E-state index in [0.29, 0.717) is 29.8 Å². The SMILES string of the molecule is Cc1cccn2c(=O)c3cc(C(=O)NCCN4CCCCC4)c(=N)n(Cc4ccccc4)c3nc12. The first-order valence-corrected chi connectivity index (χ1v) is 12.2. The van der Waals surface area contributed by atoms with Crippen molar-refractivity contribution >= 4 is 22.6 Å². The van der Waals surface area contributed by atoms with Crippen LogP contribution >= 0.6 is 0 Å². The van der Waals surface area contributed by atoms with E-state index in [2.05, 4.69) is 10.2 Å². The van der Waals surface area contributed by atoms with Crippen LogP contribution in [0.5, 0.6) is 0 Å². The number of rotatable bonds is 6. The third-order valence-electron chi connectivity index (χ3n) is 6.72. The summed E-state index contributed by atoms with van der Waals surface area (Å²) in [5.41, 5.74) is 2.75. The van der Waals surface area contributed by atoms with Gasteiger partial charge < -0.3 is 14.8 Å². The Balaban J connectivity index is 1.58. The first kappa shape index (κ1) is 23.0. The molecule has 4 aromatic rings. The zero-order chi connectivity index (χ0) is 24.4. The van der Waals surface area contributed by atoms with Gasteiger partial charge in [-0.15, -0.1) is 0 Å². The van der Waals surface area contributed by atoms with Crippen molar-refractivity contribution in [2.45, 2.75) is 32.7 Å². The molecule has 0 aliphatic carbocycles. The van der Waals surface area contributed by atoms with Crippen LogP contribution in [-0.4, -0.2) is 50.9 Å². The number of carbonyl (C=O) groups excluding carboxylic acids is 1. The van der Waals surface area contributed by atoms with E-state index in [9.17, 15) is 9.59 Å². The fraction of sp³-hybridized carbons (Fsp3) is 0.333. The quantitative estimate of drug-likeness (QED) is 0.424. The van der Waals surface area contributed by atoms with Gasteiger partial charge in [-0.1, -0.05) is 42.8 Å². The highest BCUT2D eigenvalue weighted by molar-refractivity contribution is 5.96. The van der Waals surface area contributed by atoms with Crippen molar-refractivity contribution in [3.05, 3.63) is 87.3 Å². The van der Waals surface area contributed by atoms with Crippen molar-refractivity contribution in [3.8, 4) is 0 Å². The van der Waals surface area contributed by atoms with Crippen molar-refractivity contribution in [1.82, 2.24) is 24.2 Å². The van der Waals surface area contributed by atoms with E-state index in [1.807, 2.05) is 49.4 Å². The molecule has 1 fully saturated rings. The van der Waals surface area contributed by atoms with Crippen LogP contribution in [0.1, 0.15) is 40.7 Å². The number of pyridine rings is 2. The first-order chi connectivity index (χ1) is 17.0. The molecule has 1 aliphatic rings. The molecule has 3 aromatic heterocycles. The standard InChI is InChI=1S/C27H30N6O2/c1-19-9-8-15-32-24(19)30-25-22(27(32)35)17-21(23(28)33(25)18-20-10-4-2-5-11-20)26(34)29-12-16-31-13-6-3-7-14-31/h2,4-5,8-11,15,17,28H,3,6-7,12-14,16,18H2,1H3,(H,29,34). The van der Waals surface area contributed by atoms with Gasteiger partial charge in [-0.3, -0.25) is 19.4 Å². The maximum absolute atomic E-state index is 13.5. The first-order valence-electron chi connectivity index (χ1n) is 12.2. The fourth-order valence-corrected chi connectivity index (χ4v) is 4.80. The summed E-state index contributed by atoms with van der Waals surface area (Å²) in [6.07, 6.45) is 5.34.